The molecule has 0 heterocycles. The highest BCUT2D eigenvalue weighted by Gasteiger charge is 2.45. The van der Waals surface area contributed by atoms with E-state index in [1.54, 1.807) is 13.2 Å². The molecule has 0 radical (unpaired) electrons. The Balaban J connectivity index is 1.96. The Bertz CT molecular complexity index is 585. The molecule has 21 heavy (non-hydrogen) atoms. The van der Waals surface area contributed by atoms with Crippen LogP contribution in [0.2, 0.25) is 0 Å². The number of rotatable bonds is 5. The van der Waals surface area contributed by atoms with E-state index < -0.39 is 5.54 Å². The minimum atomic E-state index is -0.398. The monoisotopic (exact) mass is 351 g/mol. The molecule has 0 spiro atoms. The molecule has 1 aromatic carbocycles. The summed E-state index contributed by atoms with van der Waals surface area (Å²) in [5, 5.41) is 0. The van der Waals surface area contributed by atoms with Crippen LogP contribution in [0.25, 0.3) is 0 Å². The number of carbonyl (C=O) groups excluding carboxylic acids is 1. The zero-order chi connectivity index (χ0) is 14.9. The summed E-state index contributed by atoms with van der Waals surface area (Å²) in [6.45, 7) is 0. The lowest BCUT2D eigenvalue weighted by atomic mass is 10.0. The largest absolute Gasteiger partial charge is 0.492 e. The van der Waals surface area contributed by atoms with E-state index >= 15 is 0 Å². The molecule has 0 aliphatic heterocycles. The molecule has 2 saturated carbocycles. The van der Waals surface area contributed by atoms with Crippen molar-refractivity contribution < 1.29 is 14.3 Å². The molecule has 0 saturated heterocycles. The fourth-order valence-electron chi connectivity index (χ4n) is 2.98. The second-order valence-corrected chi connectivity index (χ2v) is 6.60. The van der Waals surface area contributed by atoms with Crippen molar-refractivity contribution in [3.8, 4) is 11.5 Å². The third-order valence-corrected chi connectivity index (χ3v) is 4.92. The zero-order valence-electron chi connectivity index (χ0n) is 12.0. The summed E-state index contributed by atoms with van der Waals surface area (Å²) in [4.78, 5) is 14.6. The van der Waals surface area contributed by atoms with Gasteiger partial charge in [0.05, 0.1) is 23.2 Å². The van der Waals surface area contributed by atoms with Gasteiger partial charge in [0.2, 0.25) is 6.08 Å². The lowest BCUT2D eigenvalue weighted by molar-refractivity contribution is 0.200. The Labute approximate surface area is 132 Å². The van der Waals surface area contributed by atoms with Gasteiger partial charge in [0, 0.05) is 0 Å². The average molecular weight is 352 g/mol. The summed E-state index contributed by atoms with van der Waals surface area (Å²) in [5.41, 5.74) is 0.594. The summed E-state index contributed by atoms with van der Waals surface area (Å²) in [5.74, 6) is 1.44. The van der Waals surface area contributed by atoms with Gasteiger partial charge < -0.3 is 9.47 Å². The summed E-state index contributed by atoms with van der Waals surface area (Å²) in [6.07, 6.45) is 8.31. The molecule has 2 fully saturated rings. The molecule has 5 heteroatoms. The van der Waals surface area contributed by atoms with E-state index in [-0.39, 0.29) is 6.10 Å². The molecule has 0 atom stereocenters. The van der Waals surface area contributed by atoms with Crippen molar-refractivity contribution in [2.24, 2.45) is 4.99 Å². The molecule has 0 unspecified atom stereocenters. The highest BCUT2D eigenvalue weighted by Crippen LogP contribution is 2.52. The normalized spacial score (nSPS) is 19.9. The summed E-state index contributed by atoms with van der Waals surface area (Å²) >= 11 is 3.53. The number of aliphatic imine (C=N–C) groups is 1. The maximum absolute atomic E-state index is 10.6. The van der Waals surface area contributed by atoms with E-state index in [0.717, 1.165) is 41.5 Å². The van der Waals surface area contributed by atoms with Crippen LogP contribution >= 0.6 is 15.9 Å². The molecule has 0 aromatic heterocycles. The maximum Gasteiger partial charge on any atom is 0.235 e. The predicted molar refractivity (Wildman–Crippen MR) is 82.6 cm³/mol. The van der Waals surface area contributed by atoms with Crippen molar-refractivity contribution in [2.75, 3.05) is 7.11 Å². The van der Waals surface area contributed by atoms with Gasteiger partial charge in [-0.15, -0.1) is 0 Å². The van der Waals surface area contributed by atoms with Gasteiger partial charge in [-0.1, -0.05) is 0 Å². The zero-order valence-corrected chi connectivity index (χ0v) is 13.6. The fraction of sp³-hybridized carbons (Fsp3) is 0.562. The van der Waals surface area contributed by atoms with Crippen molar-refractivity contribution >= 4 is 22.0 Å². The van der Waals surface area contributed by atoms with E-state index in [1.807, 2.05) is 12.1 Å². The van der Waals surface area contributed by atoms with Gasteiger partial charge in [0.15, 0.2) is 11.5 Å². The molecule has 3 rings (SSSR count). The third-order valence-electron chi connectivity index (χ3n) is 4.33. The molecular weight excluding hydrogens is 334 g/mol. The predicted octanol–water partition coefficient (Wildman–Crippen LogP) is 4.10. The number of ether oxygens (including phenoxy) is 2. The number of hydrogen-bond acceptors (Lipinski definition) is 4. The third kappa shape index (κ3) is 2.85. The molecule has 2 aliphatic rings. The Kier molecular flexibility index (Phi) is 4.05. The standard InChI is InChI=1S/C16H18BrNO3/c1-20-15-13(17)8-11(16(6-7-16)18-10-19)9-14(15)21-12-4-2-3-5-12/h8-9,12H,2-7H2,1H3. The van der Waals surface area contributed by atoms with Crippen LogP contribution in [0.5, 0.6) is 11.5 Å². The van der Waals surface area contributed by atoms with E-state index in [0.29, 0.717) is 5.75 Å². The van der Waals surface area contributed by atoms with Gasteiger partial charge in [-0.3, -0.25) is 0 Å². The van der Waals surface area contributed by atoms with Crippen LogP contribution in [0.3, 0.4) is 0 Å². The minimum absolute atomic E-state index is 0.255. The Morgan fingerprint density at radius 3 is 2.62 bits per heavy atom. The van der Waals surface area contributed by atoms with E-state index in [1.165, 1.54) is 12.8 Å². The van der Waals surface area contributed by atoms with Crippen LogP contribution in [0.15, 0.2) is 21.6 Å². The Morgan fingerprint density at radius 1 is 1.33 bits per heavy atom. The lowest BCUT2D eigenvalue weighted by Crippen LogP contribution is -2.13. The van der Waals surface area contributed by atoms with Crippen LogP contribution in [0, 0.1) is 0 Å². The van der Waals surface area contributed by atoms with Crippen molar-refractivity contribution in [2.45, 2.75) is 50.2 Å². The first kappa shape index (κ1) is 14.6. The molecule has 0 bridgehead atoms. The summed E-state index contributed by atoms with van der Waals surface area (Å²) in [6, 6.07) is 3.93. The van der Waals surface area contributed by atoms with Crippen molar-refractivity contribution in [1.82, 2.24) is 0 Å². The van der Waals surface area contributed by atoms with E-state index in [4.69, 9.17) is 9.47 Å². The number of benzene rings is 1. The van der Waals surface area contributed by atoms with Crippen LogP contribution < -0.4 is 9.47 Å². The SMILES string of the molecule is COc1c(Br)cc(C2(N=C=O)CC2)cc1OC1CCCC1. The van der Waals surface area contributed by atoms with E-state index in [9.17, 15) is 4.79 Å². The summed E-state index contributed by atoms with van der Waals surface area (Å²) < 4.78 is 12.4. The maximum atomic E-state index is 10.6. The van der Waals surface area contributed by atoms with Crippen molar-refractivity contribution in [3.05, 3.63) is 22.2 Å². The van der Waals surface area contributed by atoms with Crippen LogP contribution in [0.4, 0.5) is 0 Å². The fourth-order valence-corrected chi connectivity index (χ4v) is 3.58. The highest BCUT2D eigenvalue weighted by molar-refractivity contribution is 9.10. The number of hydrogen-bond donors (Lipinski definition) is 0. The molecule has 0 amide bonds. The van der Waals surface area contributed by atoms with Gasteiger partial charge in [-0.25, -0.2) is 4.79 Å². The second-order valence-electron chi connectivity index (χ2n) is 5.75. The average Bonchev–Trinajstić information content (AvgIpc) is 3.07. The van der Waals surface area contributed by atoms with Gasteiger partial charge in [-0.2, -0.15) is 4.99 Å². The molecule has 2 aliphatic carbocycles. The van der Waals surface area contributed by atoms with Crippen molar-refractivity contribution in [3.63, 3.8) is 0 Å². The number of halogens is 1. The van der Waals surface area contributed by atoms with Gasteiger partial charge in [0.1, 0.15) is 0 Å². The van der Waals surface area contributed by atoms with Crippen molar-refractivity contribution in [1.29, 1.82) is 0 Å². The first-order valence-electron chi connectivity index (χ1n) is 7.32. The van der Waals surface area contributed by atoms with E-state index in [2.05, 4.69) is 20.9 Å². The molecular formula is C16H18BrNO3. The summed E-state index contributed by atoms with van der Waals surface area (Å²) in [7, 11) is 1.64. The smallest absolute Gasteiger partial charge is 0.235 e. The topological polar surface area (TPSA) is 47.9 Å². The van der Waals surface area contributed by atoms with Crippen LogP contribution in [-0.2, 0) is 10.3 Å². The first-order valence-corrected chi connectivity index (χ1v) is 8.11. The lowest BCUT2D eigenvalue weighted by Gasteiger charge is -2.19. The second kappa shape index (κ2) is 5.82. The molecule has 1 aromatic rings. The van der Waals surface area contributed by atoms with Crippen LogP contribution in [0.1, 0.15) is 44.1 Å². The first-order chi connectivity index (χ1) is 10.2. The molecule has 0 N–H and O–H groups in total. The van der Waals surface area contributed by atoms with Crippen LogP contribution in [-0.4, -0.2) is 19.3 Å². The number of methoxy groups -OCH3 is 1. The highest BCUT2D eigenvalue weighted by atomic mass is 79.9. The Morgan fingerprint density at radius 2 is 2.05 bits per heavy atom. The Hall–Kier alpha value is -1.32. The minimum Gasteiger partial charge on any atom is -0.492 e. The van der Waals surface area contributed by atoms with Gasteiger partial charge in [0.25, 0.3) is 0 Å². The number of nitrogens with zero attached hydrogens (tertiary/aromatic N) is 1. The number of isocyanates is 1. The molecule has 112 valence electrons. The van der Waals surface area contributed by atoms with Gasteiger partial charge >= 0.3 is 0 Å². The molecule has 4 nitrogen and oxygen atoms in total. The van der Waals surface area contributed by atoms with Gasteiger partial charge in [-0.05, 0) is 72.2 Å². The quantitative estimate of drug-likeness (QED) is 0.592.